The van der Waals surface area contributed by atoms with Gasteiger partial charge in [-0.3, -0.25) is 9.59 Å². The standard InChI is InChI=1S/C15H21N3O6S/c16-15(20)12-3-4-14(24-12)25(21,22)18-7-5-17(6-8-18)13(19)10-11-2-1-9-23-11/h3-4,11H,1-2,5-10H2,(H2,16,20)/t11-/m0/s1. The Balaban J connectivity index is 1.58. The first kappa shape index (κ1) is 17.9. The normalized spacial score (nSPS) is 22.2. The van der Waals surface area contributed by atoms with Crippen molar-refractivity contribution in [3.8, 4) is 0 Å². The first-order valence-electron chi connectivity index (χ1n) is 8.17. The molecule has 2 amide bonds. The molecule has 0 aromatic carbocycles. The fourth-order valence-electron chi connectivity index (χ4n) is 3.03. The van der Waals surface area contributed by atoms with Gasteiger partial charge in [0.1, 0.15) is 0 Å². The number of primary amides is 1. The van der Waals surface area contributed by atoms with Crippen LogP contribution in [0.15, 0.2) is 21.6 Å². The molecule has 138 valence electrons. The number of amides is 2. The number of hydrogen-bond donors (Lipinski definition) is 1. The van der Waals surface area contributed by atoms with E-state index in [1.807, 2.05) is 0 Å². The van der Waals surface area contributed by atoms with Crippen LogP contribution in [-0.4, -0.2) is 68.3 Å². The second kappa shape index (κ2) is 7.14. The number of piperazine rings is 1. The summed E-state index contributed by atoms with van der Waals surface area (Å²) in [5.74, 6) is -1.05. The van der Waals surface area contributed by atoms with Crippen molar-refractivity contribution in [3.63, 3.8) is 0 Å². The molecule has 10 heteroatoms. The zero-order valence-electron chi connectivity index (χ0n) is 13.7. The second-order valence-electron chi connectivity index (χ2n) is 6.11. The highest BCUT2D eigenvalue weighted by atomic mass is 32.2. The van der Waals surface area contributed by atoms with Crippen molar-refractivity contribution in [1.29, 1.82) is 0 Å². The summed E-state index contributed by atoms with van der Waals surface area (Å²) >= 11 is 0. The van der Waals surface area contributed by atoms with Crippen LogP contribution in [0.1, 0.15) is 29.8 Å². The summed E-state index contributed by atoms with van der Waals surface area (Å²) in [6, 6.07) is 2.45. The maximum absolute atomic E-state index is 12.5. The van der Waals surface area contributed by atoms with E-state index in [-0.39, 0.29) is 36.0 Å². The van der Waals surface area contributed by atoms with Gasteiger partial charge < -0.3 is 19.8 Å². The van der Waals surface area contributed by atoms with E-state index < -0.39 is 15.9 Å². The van der Waals surface area contributed by atoms with Crippen LogP contribution in [0, 0.1) is 0 Å². The predicted octanol–water partition coefficient (Wildman–Crippen LogP) is -0.219. The molecule has 1 aromatic rings. The molecule has 9 nitrogen and oxygen atoms in total. The van der Waals surface area contributed by atoms with Gasteiger partial charge in [0.15, 0.2) is 5.76 Å². The van der Waals surface area contributed by atoms with Crippen molar-refractivity contribution in [3.05, 3.63) is 17.9 Å². The van der Waals surface area contributed by atoms with Gasteiger partial charge in [-0.15, -0.1) is 0 Å². The highest BCUT2D eigenvalue weighted by Crippen LogP contribution is 2.21. The summed E-state index contributed by atoms with van der Waals surface area (Å²) in [7, 11) is -3.85. The molecule has 3 heterocycles. The minimum atomic E-state index is -3.85. The van der Waals surface area contributed by atoms with Gasteiger partial charge in [0, 0.05) is 32.8 Å². The summed E-state index contributed by atoms with van der Waals surface area (Å²) in [4.78, 5) is 25.0. The van der Waals surface area contributed by atoms with Crippen LogP contribution in [0.2, 0.25) is 0 Å². The first-order chi connectivity index (χ1) is 11.9. The Kier molecular flexibility index (Phi) is 5.11. The maximum atomic E-state index is 12.5. The summed E-state index contributed by atoms with van der Waals surface area (Å²) < 4.78 is 36.8. The lowest BCUT2D eigenvalue weighted by Gasteiger charge is -2.33. The number of ether oxygens (including phenoxy) is 1. The third-order valence-electron chi connectivity index (χ3n) is 4.44. The van der Waals surface area contributed by atoms with Gasteiger partial charge in [0.05, 0.1) is 12.5 Å². The Labute approximate surface area is 145 Å². The molecule has 2 aliphatic heterocycles. The number of carbonyl (C=O) groups excluding carboxylic acids is 2. The third-order valence-corrected chi connectivity index (χ3v) is 6.21. The molecule has 3 rings (SSSR count). The van der Waals surface area contributed by atoms with Gasteiger partial charge in [0.25, 0.3) is 15.9 Å². The van der Waals surface area contributed by atoms with E-state index in [9.17, 15) is 18.0 Å². The Morgan fingerprint density at radius 2 is 1.92 bits per heavy atom. The van der Waals surface area contributed by atoms with E-state index in [0.717, 1.165) is 12.8 Å². The summed E-state index contributed by atoms with van der Waals surface area (Å²) in [6.07, 6.45) is 2.18. The zero-order valence-corrected chi connectivity index (χ0v) is 14.5. The van der Waals surface area contributed by atoms with Crippen LogP contribution < -0.4 is 5.73 Å². The van der Waals surface area contributed by atoms with E-state index in [4.69, 9.17) is 14.9 Å². The zero-order chi connectivity index (χ0) is 18.0. The van der Waals surface area contributed by atoms with Gasteiger partial charge >= 0.3 is 0 Å². The van der Waals surface area contributed by atoms with E-state index >= 15 is 0 Å². The molecule has 0 radical (unpaired) electrons. The average molecular weight is 371 g/mol. The second-order valence-corrected chi connectivity index (χ2v) is 7.98. The molecule has 0 bridgehead atoms. The van der Waals surface area contributed by atoms with Crippen LogP contribution in [0.25, 0.3) is 0 Å². The quantitative estimate of drug-likeness (QED) is 0.763. The summed E-state index contributed by atoms with van der Waals surface area (Å²) in [5.41, 5.74) is 5.07. The molecule has 25 heavy (non-hydrogen) atoms. The van der Waals surface area contributed by atoms with Crippen molar-refractivity contribution in [2.75, 3.05) is 32.8 Å². The first-order valence-corrected chi connectivity index (χ1v) is 9.61. The van der Waals surface area contributed by atoms with E-state index in [0.29, 0.717) is 26.1 Å². The molecule has 2 aliphatic rings. The average Bonchev–Trinajstić information content (AvgIpc) is 3.26. The molecule has 2 saturated heterocycles. The maximum Gasteiger partial charge on any atom is 0.284 e. The Hall–Kier alpha value is -1.91. The molecule has 1 atom stereocenters. The number of hydrogen-bond acceptors (Lipinski definition) is 6. The molecule has 0 aliphatic carbocycles. The van der Waals surface area contributed by atoms with E-state index in [1.54, 1.807) is 4.90 Å². The van der Waals surface area contributed by atoms with Crippen molar-refractivity contribution in [2.24, 2.45) is 5.73 Å². The molecule has 2 fully saturated rings. The molecule has 0 spiro atoms. The number of sulfonamides is 1. The van der Waals surface area contributed by atoms with Crippen molar-refractivity contribution < 1.29 is 27.2 Å². The molecule has 0 unspecified atom stereocenters. The van der Waals surface area contributed by atoms with Crippen LogP contribution in [0.4, 0.5) is 0 Å². The minimum Gasteiger partial charge on any atom is -0.438 e. The van der Waals surface area contributed by atoms with Gasteiger partial charge in [-0.2, -0.15) is 4.31 Å². The number of furan rings is 1. The van der Waals surface area contributed by atoms with Gasteiger partial charge in [-0.05, 0) is 25.0 Å². The fraction of sp³-hybridized carbons (Fsp3) is 0.600. The number of nitrogens with zero attached hydrogens (tertiary/aromatic N) is 2. The van der Waals surface area contributed by atoms with Crippen molar-refractivity contribution >= 4 is 21.8 Å². The van der Waals surface area contributed by atoms with Gasteiger partial charge in [-0.25, -0.2) is 8.42 Å². The predicted molar refractivity (Wildman–Crippen MR) is 86.2 cm³/mol. The smallest absolute Gasteiger partial charge is 0.284 e. The van der Waals surface area contributed by atoms with Crippen LogP contribution in [-0.2, 0) is 19.6 Å². The number of nitrogens with two attached hydrogens (primary N) is 1. The molecular formula is C15H21N3O6S. The molecule has 1 aromatic heterocycles. The van der Waals surface area contributed by atoms with Crippen LogP contribution in [0.3, 0.4) is 0 Å². The monoisotopic (exact) mass is 371 g/mol. The summed E-state index contributed by atoms with van der Waals surface area (Å²) in [5, 5.41) is -0.319. The van der Waals surface area contributed by atoms with E-state index in [1.165, 1.54) is 16.4 Å². The van der Waals surface area contributed by atoms with Crippen LogP contribution >= 0.6 is 0 Å². The highest BCUT2D eigenvalue weighted by molar-refractivity contribution is 7.89. The lowest BCUT2D eigenvalue weighted by Crippen LogP contribution is -2.50. The highest BCUT2D eigenvalue weighted by Gasteiger charge is 2.33. The molecule has 0 saturated carbocycles. The Morgan fingerprint density at radius 1 is 1.20 bits per heavy atom. The lowest BCUT2D eigenvalue weighted by molar-refractivity contribution is -0.134. The number of carbonyl (C=O) groups is 2. The van der Waals surface area contributed by atoms with E-state index in [2.05, 4.69) is 0 Å². The van der Waals surface area contributed by atoms with Crippen molar-refractivity contribution in [1.82, 2.24) is 9.21 Å². The van der Waals surface area contributed by atoms with Crippen LogP contribution in [0.5, 0.6) is 0 Å². The van der Waals surface area contributed by atoms with Gasteiger partial charge in [0.2, 0.25) is 11.0 Å². The molecule has 2 N–H and O–H groups in total. The number of rotatable bonds is 5. The largest absolute Gasteiger partial charge is 0.438 e. The third kappa shape index (κ3) is 3.86. The summed E-state index contributed by atoms with van der Waals surface area (Å²) in [6.45, 7) is 1.67. The molecular weight excluding hydrogens is 350 g/mol. The fourth-order valence-corrected chi connectivity index (χ4v) is 4.36. The lowest BCUT2D eigenvalue weighted by atomic mass is 10.1. The topological polar surface area (TPSA) is 123 Å². The van der Waals surface area contributed by atoms with Gasteiger partial charge in [-0.1, -0.05) is 0 Å². The SMILES string of the molecule is NC(=O)c1ccc(S(=O)(=O)N2CCN(C(=O)C[C@@H]3CCCO3)CC2)o1. The Bertz CT molecular complexity index is 745. The Morgan fingerprint density at radius 3 is 2.48 bits per heavy atom. The minimum absolute atomic E-state index is 0.0158. The van der Waals surface area contributed by atoms with Crippen molar-refractivity contribution in [2.45, 2.75) is 30.5 Å².